The third-order valence-corrected chi connectivity index (χ3v) is 5.74. The molecule has 3 aromatic rings. The summed E-state index contributed by atoms with van der Waals surface area (Å²) in [5, 5.41) is 45.6. The fourth-order valence-electron chi connectivity index (χ4n) is 3.45. The molecule has 1 atom stereocenters. The van der Waals surface area contributed by atoms with E-state index in [1.807, 2.05) is 20.8 Å². The molecular formula is C23H27N5O6S. The molecule has 0 saturated heterocycles. The van der Waals surface area contributed by atoms with Crippen LogP contribution >= 0.6 is 11.7 Å². The maximum absolute atomic E-state index is 12.6. The molecule has 0 aliphatic carbocycles. The molecule has 0 saturated carbocycles. The van der Waals surface area contributed by atoms with Crippen molar-refractivity contribution in [2.24, 2.45) is 5.41 Å². The predicted octanol–water partition coefficient (Wildman–Crippen LogP) is 3.75. The van der Waals surface area contributed by atoms with Crippen molar-refractivity contribution in [1.82, 2.24) is 13.6 Å². The monoisotopic (exact) mass is 501 g/mol. The van der Waals surface area contributed by atoms with Crippen LogP contribution in [0.25, 0.3) is 0 Å². The van der Waals surface area contributed by atoms with Gasteiger partial charge in [0.2, 0.25) is 0 Å². The minimum Gasteiger partial charge on any atom is -0.505 e. The molecule has 35 heavy (non-hydrogen) atoms. The number of phenolic OH excluding ortho intramolecular Hbond substituents is 3. The van der Waals surface area contributed by atoms with Gasteiger partial charge in [-0.3, -0.25) is 9.59 Å². The lowest BCUT2D eigenvalue weighted by molar-refractivity contribution is -0.137. The summed E-state index contributed by atoms with van der Waals surface area (Å²) >= 11 is 0.930. The quantitative estimate of drug-likeness (QED) is 0.250. The molecule has 1 unspecified atom stereocenters. The molecule has 2 aromatic carbocycles. The van der Waals surface area contributed by atoms with Crippen LogP contribution in [-0.2, 0) is 4.79 Å². The molecule has 0 bridgehead atoms. The van der Waals surface area contributed by atoms with E-state index in [9.17, 15) is 24.9 Å². The number of rotatable bonds is 8. The van der Waals surface area contributed by atoms with E-state index in [4.69, 9.17) is 5.11 Å². The summed E-state index contributed by atoms with van der Waals surface area (Å²) in [6.07, 6.45) is 0. The number of carbonyl (C=O) groups excluding carboxylic acids is 1. The van der Waals surface area contributed by atoms with Gasteiger partial charge in [0.1, 0.15) is 6.54 Å². The third kappa shape index (κ3) is 5.90. The van der Waals surface area contributed by atoms with Crippen molar-refractivity contribution in [2.75, 3.05) is 24.2 Å². The molecular weight excluding hydrogens is 474 g/mol. The summed E-state index contributed by atoms with van der Waals surface area (Å²) in [7, 11) is 1.33. The van der Waals surface area contributed by atoms with Crippen LogP contribution in [-0.4, -0.2) is 59.5 Å². The van der Waals surface area contributed by atoms with Crippen LogP contribution in [0.15, 0.2) is 36.4 Å². The second-order valence-electron chi connectivity index (χ2n) is 9.03. The Labute approximate surface area is 206 Å². The van der Waals surface area contributed by atoms with Crippen molar-refractivity contribution >= 4 is 40.9 Å². The third-order valence-electron chi connectivity index (χ3n) is 5.21. The molecule has 12 heteroatoms. The van der Waals surface area contributed by atoms with E-state index in [1.165, 1.54) is 25.2 Å². The molecule has 11 nitrogen and oxygen atoms in total. The Balaban J connectivity index is 1.89. The smallest absolute Gasteiger partial charge is 0.323 e. The summed E-state index contributed by atoms with van der Waals surface area (Å²) in [6, 6.07) is 8.72. The van der Waals surface area contributed by atoms with Gasteiger partial charge in [0.05, 0.1) is 29.0 Å². The molecule has 0 radical (unpaired) electrons. The second kappa shape index (κ2) is 10.1. The van der Waals surface area contributed by atoms with Gasteiger partial charge >= 0.3 is 5.97 Å². The molecule has 6 N–H and O–H groups in total. The van der Waals surface area contributed by atoms with Gasteiger partial charge < -0.3 is 36.0 Å². The summed E-state index contributed by atoms with van der Waals surface area (Å²) < 4.78 is 8.55. The number of nitrogens with one attached hydrogen (secondary N) is 2. The lowest BCUT2D eigenvalue weighted by Crippen LogP contribution is -2.32. The molecule has 0 spiro atoms. The normalized spacial score (nSPS) is 12.1. The van der Waals surface area contributed by atoms with Crippen molar-refractivity contribution < 1.29 is 30.0 Å². The molecule has 3 rings (SSSR count). The molecule has 1 aromatic heterocycles. The van der Waals surface area contributed by atoms with Gasteiger partial charge in [-0.05, 0) is 35.2 Å². The first-order valence-corrected chi connectivity index (χ1v) is 11.3. The molecule has 1 heterocycles. The van der Waals surface area contributed by atoms with Crippen LogP contribution in [0.1, 0.15) is 42.7 Å². The summed E-state index contributed by atoms with van der Waals surface area (Å²) in [5.41, 5.74) is 0.491. The number of likely N-dealkylation sites (N-methyl/N-ethyl adjacent to an activating group) is 1. The maximum atomic E-state index is 12.6. The highest BCUT2D eigenvalue weighted by molar-refractivity contribution is 6.99. The summed E-state index contributed by atoms with van der Waals surface area (Å²) in [4.78, 5) is 24.5. The number of aliphatic carboxylic acids is 1. The predicted molar refractivity (Wildman–Crippen MR) is 131 cm³/mol. The number of phenols is 3. The summed E-state index contributed by atoms with van der Waals surface area (Å²) in [5.74, 6) is -1.97. The van der Waals surface area contributed by atoms with Crippen molar-refractivity contribution in [1.29, 1.82) is 0 Å². The number of aromatic nitrogens is 2. The largest absolute Gasteiger partial charge is 0.505 e. The maximum Gasteiger partial charge on any atom is 0.323 e. The topological polar surface area (TPSA) is 168 Å². The number of carbonyl (C=O) groups is 2. The number of carboxylic acid groups (broad SMARTS) is 1. The first-order valence-electron chi connectivity index (χ1n) is 10.6. The van der Waals surface area contributed by atoms with Crippen molar-refractivity contribution in [2.45, 2.75) is 26.8 Å². The fourth-order valence-corrected chi connectivity index (χ4v) is 3.92. The van der Waals surface area contributed by atoms with E-state index in [1.54, 1.807) is 18.2 Å². The van der Waals surface area contributed by atoms with E-state index in [0.717, 1.165) is 16.6 Å². The van der Waals surface area contributed by atoms with E-state index in [-0.39, 0.29) is 40.0 Å². The zero-order valence-corrected chi connectivity index (χ0v) is 20.4. The average molecular weight is 502 g/mol. The number of carboxylic acids is 1. The number of amides is 1. The van der Waals surface area contributed by atoms with Gasteiger partial charge in [-0.1, -0.05) is 32.9 Å². The van der Waals surface area contributed by atoms with Crippen molar-refractivity contribution in [3.63, 3.8) is 0 Å². The van der Waals surface area contributed by atoms with E-state index < -0.39 is 18.4 Å². The highest BCUT2D eigenvalue weighted by Gasteiger charge is 2.29. The lowest BCUT2D eigenvalue weighted by Gasteiger charge is -2.32. The van der Waals surface area contributed by atoms with Gasteiger partial charge in [0.25, 0.3) is 5.91 Å². The molecule has 0 fully saturated rings. The highest BCUT2D eigenvalue weighted by atomic mass is 32.1. The number of hydrogen-bond acceptors (Lipinski definition) is 10. The van der Waals surface area contributed by atoms with Gasteiger partial charge in [-0.15, -0.1) is 0 Å². The number of benzene rings is 2. The Kier molecular flexibility index (Phi) is 7.34. The average Bonchev–Trinajstić information content (AvgIpc) is 3.20. The van der Waals surface area contributed by atoms with Gasteiger partial charge in [0, 0.05) is 7.05 Å². The SMILES string of the molecule is CN(CC(=O)O)C(=O)c1cccc(Nc2nsnc2NC(c2ccc(O)c(O)c2)C(C)(C)C)c1O. The van der Waals surface area contributed by atoms with Crippen LogP contribution in [0.3, 0.4) is 0 Å². The lowest BCUT2D eigenvalue weighted by atomic mass is 9.82. The van der Waals surface area contributed by atoms with E-state index >= 15 is 0 Å². The van der Waals surface area contributed by atoms with Crippen molar-refractivity contribution in [3.05, 3.63) is 47.5 Å². The number of hydrogen-bond donors (Lipinski definition) is 6. The standard InChI is InChI=1S/C23H27N5O6S/c1-23(2,3)19(12-8-9-15(29)16(30)10-12)25-21-20(26-35-27-21)24-14-7-5-6-13(18(14)33)22(34)28(4)11-17(31)32/h5-10,19,29-30,33H,11H2,1-4H3,(H,24,26)(H,25,27)(H,31,32). The molecule has 0 aliphatic rings. The Bertz CT molecular complexity index is 1240. The summed E-state index contributed by atoms with van der Waals surface area (Å²) in [6.45, 7) is 5.48. The molecule has 1 amide bonds. The Hall–Kier alpha value is -4.06. The zero-order chi connectivity index (χ0) is 25.9. The fraction of sp³-hybridized carbons (Fsp3) is 0.304. The first-order chi connectivity index (χ1) is 16.4. The second-order valence-corrected chi connectivity index (χ2v) is 9.56. The van der Waals surface area contributed by atoms with Crippen LogP contribution < -0.4 is 10.6 Å². The number of anilines is 3. The zero-order valence-electron chi connectivity index (χ0n) is 19.6. The van der Waals surface area contributed by atoms with Gasteiger partial charge in [0.15, 0.2) is 28.9 Å². The van der Waals surface area contributed by atoms with Gasteiger partial charge in [-0.25, -0.2) is 0 Å². The van der Waals surface area contributed by atoms with Crippen LogP contribution in [0.5, 0.6) is 17.2 Å². The van der Waals surface area contributed by atoms with Crippen molar-refractivity contribution in [3.8, 4) is 17.2 Å². The van der Waals surface area contributed by atoms with E-state index in [2.05, 4.69) is 19.4 Å². The van der Waals surface area contributed by atoms with Crippen LogP contribution in [0, 0.1) is 5.41 Å². The number of aromatic hydroxyl groups is 3. The van der Waals surface area contributed by atoms with E-state index in [0.29, 0.717) is 17.2 Å². The first kappa shape index (κ1) is 25.6. The van der Waals surface area contributed by atoms with Crippen LogP contribution in [0.2, 0.25) is 0 Å². The highest BCUT2D eigenvalue weighted by Crippen LogP contribution is 2.40. The number of nitrogens with zero attached hydrogens (tertiary/aromatic N) is 3. The Morgan fingerprint density at radius 3 is 2.37 bits per heavy atom. The number of para-hydroxylation sites is 1. The Morgan fingerprint density at radius 1 is 1.06 bits per heavy atom. The Morgan fingerprint density at radius 2 is 1.74 bits per heavy atom. The molecule has 186 valence electrons. The van der Waals surface area contributed by atoms with Gasteiger partial charge in [-0.2, -0.15) is 8.75 Å². The molecule has 0 aliphatic heterocycles. The minimum atomic E-state index is -1.17. The van der Waals surface area contributed by atoms with Crippen LogP contribution in [0.4, 0.5) is 17.3 Å². The minimum absolute atomic E-state index is 0.0661.